The predicted molar refractivity (Wildman–Crippen MR) is 70.0 cm³/mol. The predicted octanol–water partition coefficient (Wildman–Crippen LogP) is 3.35. The van der Waals surface area contributed by atoms with Crippen LogP contribution in [-0.2, 0) is 11.2 Å². The highest BCUT2D eigenvalue weighted by atomic mass is 16.7. The third kappa shape index (κ3) is 3.25. The molecule has 1 aromatic carbocycles. The average Bonchev–Trinajstić information content (AvgIpc) is 3.07. The van der Waals surface area contributed by atoms with Crippen LogP contribution in [0.3, 0.4) is 0 Å². The average molecular weight is 248 g/mol. The van der Waals surface area contributed by atoms with Crippen LogP contribution < -0.4 is 9.47 Å². The van der Waals surface area contributed by atoms with Crippen LogP contribution in [0.25, 0.3) is 0 Å². The summed E-state index contributed by atoms with van der Waals surface area (Å²) in [5, 5.41) is 0. The molecule has 1 fully saturated rings. The van der Waals surface area contributed by atoms with Crippen molar-refractivity contribution < 1.29 is 14.3 Å². The molecule has 0 N–H and O–H groups in total. The molecule has 98 valence electrons. The van der Waals surface area contributed by atoms with Gasteiger partial charge in [0.05, 0.1) is 0 Å². The minimum atomic E-state index is 0.287. The molecule has 0 spiro atoms. The van der Waals surface area contributed by atoms with E-state index < -0.39 is 0 Å². The summed E-state index contributed by atoms with van der Waals surface area (Å²) >= 11 is 0. The fourth-order valence-corrected chi connectivity index (χ4v) is 1.99. The number of carbonyl (C=O) groups excluding carboxylic acids is 1. The molecule has 0 aromatic heterocycles. The Balaban J connectivity index is 0.000000574. The number of rotatable bonds is 4. The van der Waals surface area contributed by atoms with Gasteiger partial charge in [0.25, 0.3) is 0 Å². The monoisotopic (exact) mass is 248 g/mol. The van der Waals surface area contributed by atoms with Gasteiger partial charge in [-0.15, -0.1) is 0 Å². The van der Waals surface area contributed by atoms with Gasteiger partial charge in [-0.25, -0.2) is 0 Å². The Bertz CT molecular complexity index is 422. The van der Waals surface area contributed by atoms with Gasteiger partial charge in [0.2, 0.25) is 6.79 Å². The zero-order valence-electron chi connectivity index (χ0n) is 11.1. The van der Waals surface area contributed by atoms with Crippen molar-refractivity contribution in [2.24, 2.45) is 5.92 Å². The van der Waals surface area contributed by atoms with Crippen LogP contribution in [0.15, 0.2) is 18.2 Å². The summed E-state index contributed by atoms with van der Waals surface area (Å²) < 4.78 is 10.5. The van der Waals surface area contributed by atoms with Gasteiger partial charge in [-0.05, 0) is 36.5 Å². The van der Waals surface area contributed by atoms with E-state index in [1.807, 2.05) is 32.0 Å². The third-order valence-electron chi connectivity index (χ3n) is 3.05. The highest BCUT2D eigenvalue weighted by Crippen LogP contribution is 2.34. The van der Waals surface area contributed by atoms with Crippen molar-refractivity contribution in [1.29, 1.82) is 0 Å². The van der Waals surface area contributed by atoms with Gasteiger partial charge in [0, 0.05) is 12.8 Å². The molecule has 1 aromatic rings. The SMILES string of the molecule is CC.O=C(Cc1ccc2c(c1)OCO2)CC1CC1. The van der Waals surface area contributed by atoms with Gasteiger partial charge in [-0.2, -0.15) is 0 Å². The fourth-order valence-electron chi connectivity index (χ4n) is 1.99. The van der Waals surface area contributed by atoms with E-state index in [0.717, 1.165) is 23.5 Å². The Morgan fingerprint density at radius 3 is 2.67 bits per heavy atom. The molecule has 3 nitrogen and oxygen atoms in total. The molecular formula is C15H20O3. The summed E-state index contributed by atoms with van der Waals surface area (Å²) in [6.45, 7) is 4.29. The highest BCUT2D eigenvalue weighted by Gasteiger charge is 2.24. The Kier molecular flexibility index (Phi) is 4.24. The molecule has 0 unspecified atom stereocenters. The van der Waals surface area contributed by atoms with E-state index in [1.54, 1.807) is 0 Å². The van der Waals surface area contributed by atoms with Crippen molar-refractivity contribution in [2.45, 2.75) is 39.5 Å². The zero-order valence-corrected chi connectivity index (χ0v) is 11.1. The number of fused-ring (bicyclic) bond motifs is 1. The lowest BCUT2D eigenvalue weighted by Gasteiger charge is -2.02. The number of ether oxygens (including phenoxy) is 2. The molecule has 0 bridgehead atoms. The van der Waals surface area contributed by atoms with Crippen LogP contribution >= 0.6 is 0 Å². The Hall–Kier alpha value is -1.51. The number of hydrogen-bond donors (Lipinski definition) is 0. The summed E-state index contributed by atoms with van der Waals surface area (Å²) in [5.74, 6) is 2.54. The first-order valence-corrected chi connectivity index (χ1v) is 6.71. The van der Waals surface area contributed by atoms with E-state index in [0.29, 0.717) is 18.1 Å². The number of carbonyl (C=O) groups is 1. The molecule has 0 saturated heterocycles. The number of Topliss-reactive ketones (excluding diaryl/α,β-unsaturated/α-hetero) is 1. The molecular weight excluding hydrogens is 228 g/mol. The smallest absolute Gasteiger partial charge is 0.231 e. The van der Waals surface area contributed by atoms with Crippen LogP contribution in [-0.4, -0.2) is 12.6 Å². The van der Waals surface area contributed by atoms with Gasteiger partial charge in [-0.3, -0.25) is 4.79 Å². The van der Waals surface area contributed by atoms with Gasteiger partial charge in [0.1, 0.15) is 5.78 Å². The second-order valence-corrected chi connectivity index (χ2v) is 4.55. The first-order chi connectivity index (χ1) is 8.81. The van der Waals surface area contributed by atoms with Gasteiger partial charge < -0.3 is 9.47 Å². The third-order valence-corrected chi connectivity index (χ3v) is 3.05. The Labute approximate surface area is 108 Å². The normalized spacial score (nSPS) is 15.9. The van der Waals surface area contributed by atoms with E-state index in [2.05, 4.69) is 0 Å². The quantitative estimate of drug-likeness (QED) is 0.819. The zero-order chi connectivity index (χ0) is 13.0. The van der Waals surface area contributed by atoms with E-state index >= 15 is 0 Å². The van der Waals surface area contributed by atoms with Crippen molar-refractivity contribution in [3.8, 4) is 11.5 Å². The minimum Gasteiger partial charge on any atom is -0.454 e. The minimum absolute atomic E-state index is 0.287. The lowest BCUT2D eigenvalue weighted by Crippen LogP contribution is -2.03. The van der Waals surface area contributed by atoms with Crippen LogP contribution in [0, 0.1) is 5.92 Å². The lowest BCUT2D eigenvalue weighted by molar-refractivity contribution is -0.118. The van der Waals surface area contributed by atoms with Gasteiger partial charge >= 0.3 is 0 Å². The van der Waals surface area contributed by atoms with Gasteiger partial charge in [-0.1, -0.05) is 19.9 Å². The summed E-state index contributed by atoms with van der Waals surface area (Å²) in [6, 6.07) is 5.73. The molecule has 1 saturated carbocycles. The summed E-state index contributed by atoms with van der Waals surface area (Å²) in [7, 11) is 0. The second-order valence-electron chi connectivity index (χ2n) is 4.55. The molecule has 1 aliphatic carbocycles. The van der Waals surface area contributed by atoms with Crippen molar-refractivity contribution in [3.05, 3.63) is 23.8 Å². The first-order valence-electron chi connectivity index (χ1n) is 6.71. The maximum Gasteiger partial charge on any atom is 0.231 e. The maximum absolute atomic E-state index is 11.7. The fraction of sp³-hybridized carbons (Fsp3) is 0.533. The highest BCUT2D eigenvalue weighted by molar-refractivity contribution is 5.81. The van der Waals surface area contributed by atoms with Gasteiger partial charge in [0.15, 0.2) is 11.5 Å². The van der Waals surface area contributed by atoms with Crippen LogP contribution in [0.5, 0.6) is 11.5 Å². The summed E-state index contributed by atoms with van der Waals surface area (Å²) in [6.07, 6.45) is 3.72. The number of benzene rings is 1. The van der Waals surface area contributed by atoms with Crippen molar-refractivity contribution in [1.82, 2.24) is 0 Å². The van der Waals surface area contributed by atoms with Crippen LogP contribution in [0.4, 0.5) is 0 Å². The van der Waals surface area contributed by atoms with Crippen molar-refractivity contribution in [2.75, 3.05) is 6.79 Å². The molecule has 2 aliphatic rings. The lowest BCUT2D eigenvalue weighted by atomic mass is 10.0. The molecule has 0 atom stereocenters. The van der Waals surface area contributed by atoms with E-state index in [9.17, 15) is 4.79 Å². The summed E-state index contributed by atoms with van der Waals surface area (Å²) in [4.78, 5) is 11.7. The maximum atomic E-state index is 11.7. The molecule has 0 radical (unpaired) electrons. The van der Waals surface area contributed by atoms with E-state index in [1.165, 1.54) is 12.8 Å². The van der Waals surface area contributed by atoms with Crippen LogP contribution in [0.1, 0.15) is 38.7 Å². The Morgan fingerprint density at radius 1 is 1.22 bits per heavy atom. The molecule has 1 heterocycles. The molecule has 1 aliphatic heterocycles. The summed E-state index contributed by atoms with van der Waals surface area (Å²) in [5.41, 5.74) is 1.02. The van der Waals surface area contributed by atoms with Crippen molar-refractivity contribution in [3.63, 3.8) is 0 Å². The first kappa shape index (κ1) is 12.9. The standard InChI is InChI=1S/C13H14O3.C2H6/c14-11(5-9-1-2-9)6-10-3-4-12-13(7-10)16-8-15-12;1-2/h3-4,7,9H,1-2,5-6,8H2;1-2H3. The number of hydrogen-bond acceptors (Lipinski definition) is 3. The molecule has 0 amide bonds. The second kappa shape index (κ2) is 5.89. The molecule has 3 rings (SSSR count). The topological polar surface area (TPSA) is 35.5 Å². The number of ketones is 1. The van der Waals surface area contributed by atoms with Crippen molar-refractivity contribution >= 4 is 5.78 Å². The van der Waals surface area contributed by atoms with Crippen LogP contribution in [0.2, 0.25) is 0 Å². The Morgan fingerprint density at radius 2 is 1.94 bits per heavy atom. The largest absolute Gasteiger partial charge is 0.454 e. The molecule has 18 heavy (non-hydrogen) atoms. The van der Waals surface area contributed by atoms with E-state index in [-0.39, 0.29) is 6.79 Å². The molecule has 3 heteroatoms. The van der Waals surface area contributed by atoms with E-state index in [4.69, 9.17) is 9.47 Å².